The van der Waals surface area contributed by atoms with Crippen molar-refractivity contribution >= 4 is 11.6 Å². The van der Waals surface area contributed by atoms with Gasteiger partial charge in [0.25, 0.3) is 0 Å². The maximum absolute atomic E-state index is 13.0. The lowest BCUT2D eigenvalue weighted by atomic mass is 10.3. The van der Waals surface area contributed by atoms with E-state index in [0.29, 0.717) is 28.2 Å². The van der Waals surface area contributed by atoms with Crippen LogP contribution >= 0.6 is 11.6 Å². The zero-order valence-corrected chi connectivity index (χ0v) is 10.1. The Bertz CT molecular complexity index is 560. The molecule has 0 fully saturated rings. The molecule has 17 heavy (non-hydrogen) atoms. The Morgan fingerprint density at radius 1 is 1.24 bits per heavy atom. The van der Waals surface area contributed by atoms with E-state index < -0.39 is 0 Å². The first-order chi connectivity index (χ1) is 8.06. The van der Waals surface area contributed by atoms with Crippen LogP contribution in [0.5, 0.6) is 11.6 Å². The van der Waals surface area contributed by atoms with Gasteiger partial charge in [-0.05, 0) is 26.0 Å². The third-order valence-corrected chi connectivity index (χ3v) is 2.53. The van der Waals surface area contributed by atoms with Gasteiger partial charge in [-0.15, -0.1) is 0 Å². The van der Waals surface area contributed by atoms with Crippen LogP contribution in [0.15, 0.2) is 24.3 Å². The maximum Gasteiger partial charge on any atom is 0.226 e. The third kappa shape index (κ3) is 2.71. The number of halogens is 2. The lowest BCUT2D eigenvalue weighted by molar-refractivity contribution is 0.451. The number of aromatic nitrogens is 2. The minimum Gasteiger partial charge on any atom is -0.438 e. The average Bonchev–Trinajstić information content (AvgIpc) is 2.25. The van der Waals surface area contributed by atoms with Crippen LogP contribution in [0, 0.1) is 19.7 Å². The number of nitrogens with zero attached hydrogens (tertiary/aromatic N) is 2. The van der Waals surface area contributed by atoms with E-state index in [1.165, 1.54) is 12.1 Å². The van der Waals surface area contributed by atoms with Gasteiger partial charge in [0.05, 0.1) is 0 Å². The van der Waals surface area contributed by atoms with E-state index in [0.717, 1.165) is 0 Å². The zero-order valence-electron chi connectivity index (χ0n) is 9.37. The second-order valence-electron chi connectivity index (χ2n) is 3.55. The van der Waals surface area contributed by atoms with Crippen LogP contribution < -0.4 is 4.74 Å². The summed E-state index contributed by atoms with van der Waals surface area (Å²) >= 11 is 5.91. The first-order valence-corrected chi connectivity index (χ1v) is 5.38. The minimum absolute atomic E-state index is 0.337. The van der Waals surface area contributed by atoms with E-state index >= 15 is 0 Å². The molecule has 0 N–H and O–H groups in total. The van der Waals surface area contributed by atoms with Gasteiger partial charge >= 0.3 is 0 Å². The van der Waals surface area contributed by atoms with Crippen LogP contribution in [0.4, 0.5) is 4.39 Å². The summed E-state index contributed by atoms with van der Waals surface area (Å²) in [4.78, 5) is 8.11. The highest BCUT2D eigenvalue weighted by Crippen LogP contribution is 2.26. The number of benzene rings is 1. The summed E-state index contributed by atoms with van der Waals surface area (Å²) in [5, 5.41) is 0.337. The van der Waals surface area contributed by atoms with Gasteiger partial charge in [-0.1, -0.05) is 17.7 Å². The molecule has 2 rings (SSSR count). The molecule has 0 aliphatic rings. The first kappa shape index (κ1) is 11.8. The summed E-state index contributed by atoms with van der Waals surface area (Å²) in [5.74, 6) is 0.861. The molecule has 0 aliphatic heterocycles. The normalized spacial score (nSPS) is 10.4. The topological polar surface area (TPSA) is 35.0 Å². The van der Waals surface area contributed by atoms with Crippen molar-refractivity contribution in [2.24, 2.45) is 0 Å². The Labute approximate surface area is 103 Å². The molecule has 0 atom stereocenters. The van der Waals surface area contributed by atoms with Crippen molar-refractivity contribution in [1.29, 1.82) is 0 Å². The molecule has 88 valence electrons. The van der Waals surface area contributed by atoms with Crippen molar-refractivity contribution in [3.8, 4) is 11.6 Å². The molecular formula is C12H10ClFN2O. The predicted octanol–water partition coefficient (Wildman–Crippen LogP) is 3.68. The number of rotatable bonds is 2. The molecule has 0 aliphatic carbocycles. The fraction of sp³-hybridized carbons (Fsp3) is 0.167. The number of hydrogen-bond acceptors (Lipinski definition) is 3. The molecule has 0 spiro atoms. The fourth-order valence-electron chi connectivity index (χ4n) is 1.31. The summed E-state index contributed by atoms with van der Waals surface area (Å²) in [6.07, 6.45) is 0. The second kappa shape index (κ2) is 4.67. The SMILES string of the molecule is Cc1nc(Cl)c(C)c(Oc2cccc(F)c2)n1. The average molecular weight is 253 g/mol. The Balaban J connectivity index is 2.36. The van der Waals surface area contributed by atoms with Gasteiger partial charge in [-0.3, -0.25) is 0 Å². The molecule has 1 aromatic carbocycles. The molecule has 2 aromatic rings. The summed E-state index contributed by atoms with van der Waals surface area (Å²) in [7, 11) is 0. The van der Waals surface area contributed by atoms with Gasteiger partial charge in [0, 0.05) is 11.6 Å². The number of ether oxygens (including phenoxy) is 1. The van der Waals surface area contributed by atoms with Crippen molar-refractivity contribution in [2.45, 2.75) is 13.8 Å². The summed E-state index contributed by atoms with van der Waals surface area (Å²) in [6, 6.07) is 5.84. The fourth-order valence-corrected chi connectivity index (χ4v) is 1.51. The number of aryl methyl sites for hydroxylation is 1. The summed E-state index contributed by atoms with van der Waals surface area (Å²) in [6.45, 7) is 3.46. The zero-order chi connectivity index (χ0) is 12.4. The van der Waals surface area contributed by atoms with E-state index in [2.05, 4.69) is 9.97 Å². The van der Waals surface area contributed by atoms with Crippen molar-refractivity contribution in [3.63, 3.8) is 0 Å². The summed E-state index contributed by atoms with van der Waals surface area (Å²) < 4.78 is 18.5. The van der Waals surface area contributed by atoms with Crippen LogP contribution in [0.2, 0.25) is 5.15 Å². The lowest BCUT2D eigenvalue weighted by Crippen LogP contribution is -1.97. The Morgan fingerprint density at radius 3 is 2.71 bits per heavy atom. The molecule has 3 nitrogen and oxygen atoms in total. The van der Waals surface area contributed by atoms with Gasteiger partial charge in [0.2, 0.25) is 5.88 Å². The van der Waals surface area contributed by atoms with Crippen molar-refractivity contribution in [2.75, 3.05) is 0 Å². The van der Waals surface area contributed by atoms with E-state index in [1.54, 1.807) is 26.0 Å². The Hall–Kier alpha value is -1.68. The van der Waals surface area contributed by atoms with Crippen molar-refractivity contribution < 1.29 is 9.13 Å². The molecule has 1 heterocycles. The first-order valence-electron chi connectivity index (χ1n) is 5.00. The highest BCUT2D eigenvalue weighted by molar-refractivity contribution is 6.30. The molecule has 0 saturated heterocycles. The maximum atomic E-state index is 13.0. The van der Waals surface area contributed by atoms with Crippen molar-refractivity contribution in [3.05, 3.63) is 46.6 Å². The van der Waals surface area contributed by atoms with Crippen LogP contribution in [0.25, 0.3) is 0 Å². The van der Waals surface area contributed by atoms with Crippen LogP contribution in [-0.4, -0.2) is 9.97 Å². The van der Waals surface area contributed by atoms with E-state index in [-0.39, 0.29) is 5.82 Å². The largest absolute Gasteiger partial charge is 0.438 e. The Morgan fingerprint density at radius 2 is 2.00 bits per heavy atom. The highest BCUT2D eigenvalue weighted by Gasteiger charge is 2.09. The molecule has 0 bridgehead atoms. The molecule has 0 unspecified atom stereocenters. The van der Waals surface area contributed by atoms with Crippen LogP contribution in [-0.2, 0) is 0 Å². The molecule has 0 radical (unpaired) electrons. The predicted molar refractivity (Wildman–Crippen MR) is 63.0 cm³/mol. The number of hydrogen-bond donors (Lipinski definition) is 0. The molecule has 0 saturated carbocycles. The summed E-state index contributed by atoms with van der Waals surface area (Å²) in [5.41, 5.74) is 0.626. The van der Waals surface area contributed by atoms with Gasteiger partial charge in [0.1, 0.15) is 22.5 Å². The molecular weight excluding hydrogens is 243 g/mol. The standard InChI is InChI=1S/C12H10ClFN2O/c1-7-11(13)15-8(2)16-12(7)17-10-5-3-4-9(14)6-10/h3-6H,1-2H3. The molecule has 5 heteroatoms. The Kier molecular flexibility index (Phi) is 3.24. The minimum atomic E-state index is -0.364. The monoisotopic (exact) mass is 252 g/mol. The van der Waals surface area contributed by atoms with E-state index in [9.17, 15) is 4.39 Å². The van der Waals surface area contributed by atoms with Crippen LogP contribution in [0.3, 0.4) is 0 Å². The molecule has 1 aromatic heterocycles. The highest BCUT2D eigenvalue weighted by atomic mass is 35.5. The van der Waals surface area contributed by atoms with Gasteiger partial charge < -0.3 is 4.74 Å². The van der Waals surface area contributed by atoms with Gasteiger partial charge in [-0.2, -0.15) is 4.98 Å². The van der Waals surface area contributed by atoms with Gasteiger partial charge in [0.15, 0.2) is 0 Å². The van der Waals surface area contributed by atoms with E-state index in [4.69, 9.17) is 16.3 Å². The van der Waals surface area contributed by atoms with Crippen molar-refractivity contribution in [1.82, 2.24) is 9.97 Å². The van der Waals surface area contributed by atoms with Gasteiger partial charge in [-0.25, -0.2) is 9.37 Å². The smallest absolute Gasteiger partial charge is 0.226 e. The van der Waals surface area contributed by atoms with E-state index in [1.807, 2.05) is 0 Å². The quantitative estimate of drug-likeness (QED) is 0.765. The lowest BCUT2D eigenvalue weighted by Gasteiger charge is -2.09. The second-order valence-corrected chi connectivity index (χ2v) is 3.91. The molecule has 0 amide bonds. The van der Waals surface area contributed by atoms with Crippen LogP contribution in [0.1, 0.15) is 11.4 Å². The third-order valence-electron chi connectivity index (χ3n) is 2.16.